The summed E-state index contributed by atoms with van der Waals surface area (Å²) in [6.07, 6.45) is 4.63. The number of benzene rings is 3. The monoisotopic (exact) mass is 757 g/mol. The van der Waals surface area contributed by atoms with E-state index in [-0.39, 0.29) is 36.5 Å². The minimum atomic E-state index is -0.409. The number of hydrogen-bond donors (Lipinski definition) is 6. The number of para-hydroxylation sites is 1. The van der Waals surface area contributed by atoms with Crippen LogP contribution in [-0.2, 0) is 9.59 Å². The molecule has 14 nitrogen and oxygen atoms in total. The normalized spacial score (nSPS) is 12.8. The van der Waals surface area contributed by atoms with Crippen molar-refractivity contribution in [2.24, 2.45) is 0 Å². The summed E-state index contributed by atoms with van der Waals surface area (Å²) in [4.78, 5) is 70.2. The molecule has 3 heterocycles. The van der Waals surface area contributed by atoms with Gasteiger partial charge in [0.2, 0.25) is 11.8 Å². The molecule has 56 heavy (non-hydrogen) atoms. The molecule has 0 atom stereocenters. The lowest BCUT2D eigenvalue weighted by molar-refractivity contribution is -0.116. The van der Waals surface area contributed by atoms with Crippen molar-refractivity contribution in [3.63, 3.8) is 0 Å². The van der Waals surface area contributed by atoms with Gasteiger partial charge in [-0.05, 0) is 99.9 Å². The number of nitrogens with zero attached hydrogens (tertiary/aromatic N) is 3. The number of carbonyl (C=O) groups is 5. The first-order chi connectivity index (χ1) is 27.0. The summed E-state index contributed by atoms with van der Waals surface area (Å²) >= 11 is 0. The largest absolute Gasteiger partial charge is 0.358 e. The Morgan fingerprint density at radius 2 is 1.57 bits per heavy atom. The highest BCUT2D eigenvalue weighted by Crippen LogP contribution is 2.36. The number of likely N-dealkylation sites (N-methyl/N-ethyl adjacent to an activating group) is 1. The van der Waals surface area contributed by atoms with Crippen LogP contribution in [0.2, 0.25) is 0 Å². The predicted octanol–water partition coefficient (Wildman–Crippen LogP) is 7.03. The Labute approximate surface area is 325 Å². The number of amides is 5. The van der Waals surface area contributed by atoms with Crippen molar-refractivity contribution in [2.75, 3.05) is 47.4 Å². The average Bonchev–Trinajstić information content (AvgIpc) is 3.83. The highest BCUT2D eigenvalue weighted by atomic mass is 16.2. The lowest BCUT2D eigenvalue weighted by Crippen LogP contribution is -2.35. The van der Waals surface area contributed by atoms with Crippen molar-refractivity contribution < 1.29 is 24.0 Å². The van der Waals surface area contributed by atoms with E-state index in [2.05, 4.69) is 55.4 Å². The standard InChI is InChI=1S/C42H47N9O5/c1-5-50(6-2)21-20-43-41(55)39-26(3)35(45-27(39)4)24-33-32-22-30(18-19-34(32)49-40(33)54)46-37(52)14-10-11-15-38(53)51-36-23-31(17-16-28(36)25-44-51)48-42(56)47-29-12-8-7-9-13-29/h7-9,12-13,16-19,22-25,45H,5-6,10-11,14-15,20-21H2,1-4H3,(H,43,55)(H,46,52)(H,49,54)(H2,47,48,56)/b33-24-. The Morgan fingerprint density at radius 1 is 0.857 bits per heavy atom. The molecule has 0 unspecified atom stereocenters. The summed E-state index contributed by atoms with van der Waals surface area (Å²) < 4.78 is 1.32. The third-order valence-electron chi connectivity index (χ3n) is 9.83. The topological polar surface area (TPSA) is 182 Å². The SMILES string of the molecule is CCN(CC)CCNC(=O)c1c(C)[nH]c(/C=C2\C(=O)Nc3ccc(NC(=O)CCCCC(=O)n4ncc5ccc(NC(=O)Nc6ccccc6)cc54)cc32)c1C. The molecule has 0 spiro atoms. The van der Waals surface area contributed by atoms with Gasteiger partial charge in [0.05, 0.1) is 22.9 Å². The molecule has 5 amide bonds. The molecule has 0 radical (unpaired) electrons. The van der Waals surface area contributed by atoms with Gasteiger partial charge in [-0.2, -0.15) is 5.10 Å². The Balaban J connectivity index is 1.02. The third kappa shape index (κ3) is 9.21. The maximum atomic E-state index is 13.1. The van der Waals surface area contributed by atoms with Gasteiger partial charge >= 0.3 is 6.03 Å². The summed E-state index contributed by atoms with van der Waals surface area (Å²) in [7, 11) is 0. The highest BCUT2D eigenvalue weighted by molar-refractivity contribution is 6.35. The molecular weight excluding hydrogens is 711 g/mol. The van der Waals surface area contributed by atoms with Gasteiger partial charge < -0.3 is 36.5 Å². The van der Waals surface area contributed by atoms with E-state index in [0.717, 1.165) is 30.6 Å². The quantitative estimate of drug-likeness (QED) is 0.0490. The number of urea groups is 1. The van der Waals surface area contributed by atoms with Crippen molar-refractivity contribution >= 4 is 75.0 Å². The molecule has 2 aromatic heterocycles. The first-order valence-corrected chi connectivity index (χ1v) is 18.9. The molecule has 0 saturated carbocycles. The zero-order chi connectivity index (χ0) is 39.8. The number of carbonyl (C=O) groups excluding carboxylic acids is 5. The van der Waals surface area contributed by atoms with Crippen LogP contribution in [0.1, 0.15) is 77.2 Å². The lowest BCUT2D eigenvalue weighted by atomic mass is 10.0. The van der Waals surface area contributed by atoms with Crippen molar-refractivity contribution in [1.29, 1.82) is 0 Å². The summed E-state index contributed by atoms with van der Waals surface area (Å²) in [5.41, 5.74) is 6.60. The number of H-pyrrole nitrogens is 1. The Bertz CT molecular complexity index is 2300. The van der Waals surface area contributed by atoms with Gasteiger partial charge in [0, 0.05) is 71.0 Å². The van der Waals surface area contributed by atoms with Crippen molar-refractivity contribution in [3.05, 3.63) is 101 Å². The molecule has 14 heteroatoms. The van der Waals surface area contributed by atoms with Gasteiger partial charge in [0.15, 0.2) is 0 Å². The minimum Gasteiger partial charge on any atom is -0.358 e. The number of rotatable bonds is 15. The first-order valence-electron chi connectivity index (χ1n) is 18.9. The van der Waals surface area contributed by atoms with Gasteiger partial charge in [0.25, 0.3) is 11.8 Å². The van der Waals surface area contributed by atoms with Crippen LogP contribution in [0.15, 0.2) is 72.9 Å². The summed E-state index contributed by atoms with van der Waals surface area (Å²) in [6.45, 7) is 11.0. The number of unbranched alkanes of at least 4 members (excludes halogenated alkanes) is 1. The van der Waals surface area contributed by atoms with Crippen LogP contribution >= 0.6 is 0 Å². The van der Waals surface area contributed by atoms with E-state index in [0.29, 0.717) is 75.7 Å². The Kier molecular flexibility index (Phi) is 12.4. The van der Waals surface area contributed by atoms with Gasteiger partial charge in [-0.25, -0.2) is 9.48 Å². The van der Waals surface area contributed by atoms with Crippen molar-refractivity contribution in [1.82, 2.24) is 25.0 Å². The summed E-state index contributed by atoms with van der Waals surface area (Å²) in [6, 6.07) is 19.1. The molecule has 6 rings (SSSR count). The fourth-order valence-corrected chi connectivity index (χ4v) is 6.77. The Morgan fingerprint density at radius 3 is 2.34 bits per heavy atom. The van der Waals surface area contributed by atoms with Crippen LogP contribution < -0.4 is 26.6 Å². The van der Waals surface area contributed by atoms with Crippen molar-refractivity contribution in [3.8, 4) is 0 Å². The van der Waals surface area contributed by atoms with Crippen LogP contribution in [-0.4, -0.2) is 75.5 Å². The van der Waals surface area contributed by atoms with Gasteiger partial charge in [0.1, 0.15) is 0 Å². The molecule has 1 aliphatic rings. The lowest BCUT2D eigenvalue weighted by Gasteiger charge is -2.18. The molecule has 290 valence electrons. The molecule has 3 aromatic carbocycles. The summed E-state index contributed by atoms with van der Waals surface area (Å²) in [5.74, 6) is -0.892. The molecule has 0 bridgehead atoms. The highest BCUT2D eigenvalue weighted by Gasteiger charge is 2.26. The van der Waals surface area contributed by atoms with E-state index < -0.39 is 6.03 Å². The van der Waals surface area contributed by atoms with Gasteiger partial charge in [-0.3, -0.25) is 19.2 Å². The number of aromatic nitrogens is 3. The predicted molar refractivity (Wildman–Crippen MR) is 220 cm³/mol. The van der Waals surface area contributed by atoms with Crippen LogP contribution in [0.5, 0.6) is 0 Å². The number of fused-ring (bicyclic) bond motifs is 2. The number of aromatic amines is 1. The van der Waals surface area contributed by atoms with Crippen LogP contribution in [0, 0.1) is 13.8 Å². The Hall–Kier alpha value is -6.54. The number of nitrogens with one attached hydrogen (secondary N) is 6. The van der Waals surface area contributed by atoms with E-state index in [1.807, 2.05) is 32.0 Å². The fraction of sp³-hybridized carbons (Fsp3) is 0.286. The van der Waals surface area contributed by atoms with E-state index in [1.165, 1.54) is 4.68 Å². The maximum Gasteiger partial charge on any atom is 0.323 e. The number of anilines is 4. The second-order valence-corrected chi connectivity index (χ2v) is 13.6. The van der Waals surface area contributed by atoms with Gasteiger partial charge in [-0.15, -0.1) is 0 Å². The van der Waals surface area contributed by atoms with Gasteiger partial charge in [-0.1, -0.05) is 32.0 Å². The van der Waals surface area contributed by atoms with Crippen LogP contribution in [0.3, 0.4) is 0 Å². The molecule has 0 aliphatic carbocycles. The van der Waals surface area contributed by atoms with Crippen LogP contribution in [0.25, 0.3) is 22.6 Å². The average molecular weight is 758 g/mol. The second kappa shape index (κ2) is 17.7. The molecule has 5 aromatic rings. The van der Waals surface area contributed by atoms with Crippen molar-refractivity contribution in [2.45, 2.75) is 53.4 Å². The zero-order valence-corrected chi connectivity index (χ0v) is 32.0. The smallest absolute Gasteiger partial charge is 0.323 e. The van der Waals surface area contributed by atoms with E-state index in [1.54, 1.807) is 60.8 Å². The minimum absolute atomic E-state index is 0.165. The first kappa shape index (κ1) is 39.2. The molecule has 6 N–H and O–H groups in total. The molecular formula is C42H47N9O5. The molecule has 0 saturated heterocycles. The van der Waals surface area contributed by atoms with E-state index >= 15 is 0 Å². The second-order valence-electron chi connectivity index (χ2n) is 13.6. The molecule has 0 fully saturated rings. The summed E-state index contributed by atoms with van der Waals surface area (Å²) in [5, 5.41) is 19.4. The van der Waals surface area contributed by atoms with E-state index in [9.17, 15) is 24.0 Å². The number of aryl methyl sites for hydroxylation is 1. The third-order valence-corrected chi connectivity index (χ3v) is 9.83. The van der Waals surface area contributed by atoms with Crippen LogP contribution in [0.4, 0.5) is 27.5 Å². The molecule has 1 aliphatic heterocycles. The fourth-order valence-electron chi connectivity index (χ4n) is 6.77. The maximum absolute atomic E-state index is 13.1. The van der Waals surface area contributed by atoms with E-state index in [4.69, 9.17) is 0 Å². The zero-order valence-electron chi connectivity index (χ0n) is 32.0. The number of hydrogen-bond acceptors (Lipinski definition) is 7.